The molecule has 0 aliphatic heterocycles. The zero-order valence-electron chi connectivity index (χ0n) is 16.5. The molecule has 3 aromatic rings. The van der Waals surface area contributed by atoms with Gasteiger partial charge in [-0.05, 0) is 41.3 Å². The number of thiophene rings is 1. The third-order valence-electron chi connectivity index (χ3n) is 4.09. The second-order valence-corrected chi connectivity index (χ2v) is 8.25. The summed E-state index contributed by atoms with van der Waals surface area (Å²) >= 11 is 2.68. The van der Waals surface area contributed by atoms with Crippen LogP contribution in [0.2, 0.25) is 0 Å². The van der Waals surface area contributed by atoms with Crippen LogP contribution >= 0.6 is 23.1 Å². The maximum atomic E-state index is 12.3. The molecule has 0 atom stereocenters. The van der Waals surface area contributed by atoms with Gasteiger partial charge in [-0.2, -0.15) is 0 Å². The normalized spacial score (nSPS) is 10.4. The number of nitrogens with zero attached hydrogens (tertiary/aromatic N) is 1. The largest absolute Gasteiger partial charge is 0.490 e. The van der Waals surface area contributed by atoms with Gasteiger partial charge in [-0.25, -0.2) is 0 Å². The summed E-state index contributed by atoms with van der Waals surface area (Å²) in [5.41, 5.74) is 1.76. The first-order valence-electron chi connectivity index (χ1n) is 9.10. The smallest absolute Gasteiger partial charge is 0.311 e. The van der Waals surface area contributed by atoms with Crippen LogP contribution in [0.4, 0.5) is 17.1 Å². The van der Waals surface area contributed by atoms with E-state index < -0.39 is 4.92 Å². The van der Waals surface area contributed by atoms with Gasteiger partial charge in [0.2, 0.25) is 5.91 Å². The Morgan fingerprint density at radius 2 is 1.87 bits per heavy atom. The Hall–Kier alpha value is -3.37. The van der Waals surface area contributed by atoms with Crippen molar-refractivity contribution in [2.45, 2.75) is 5.75 Å². The molecule has 0 aliphatic rings. The molecule has 2 N–H and O–H groups in total. The van der Waals surface area contributed by atoms with Crippen LogP contribution in [0.3, 0.4) is 0 Å². The maximum Gasteiger partial charge on any atom is 0.311 e. The standard InChI is InChI=1S/C21H19N3O5S2/c1-29-18-8-7-14(10-17(18)24(27)28)12-30-13-20(25)22-15-4-2-5-16(11-15)23-21(26)19-6-3-9-31-19/h2-11H,12-13H2,1H3,(H,22,25)(H,23,26). The first kappa shape index (κ1) is 22.3. The van der Waals surface area contributed by atoms with Crippen molar-refractivity contribution in [2.75, 3.05) is 23.5 Å². The topological polar surface area (TPSA) is 111 Å². The van der Waals surface area contributed by atoms with Crippen LogP contribution < -0.4 is 15.4 Å². The van der Waals surface area contributed by atoms with Crippen LogP contribution in [0.25, 0.3) is 0 Å². The van der Waals surface area contributed by atoms with E-state index in [1.54, 1.807) is 48.5 Å². The summed E-state index contributed by atoms with van der Waals surface area (Å²) in [5.74, 6) is 0.390. The SMILES string of the molecule is COc1ccc(CSCC(=O)Nc2cccc(NC(=O)c3cccs3)c2)cc1[N+](=O)[O-]. The van der Waals surface area contributed by atoms with Crippen molar-refractivity contribution in [3.63, 3.8) is 0 Å². The van der Waals surface area contributed by atoms with Gasteiger partial charge in [0.1, 0.15) is 0 Å². The molecule has 0 aliphatic carbocycles. The lowest BCUT2D eigenvalue weighted by atomic mass is 10.2. The Balaban J connectivity index is 1.51. The first-order valence-corrected chi connectivity index (χ1v) is 11.1. The predicted molar refractivity (Wildman–Crippen MR) is 123 cm³/mol. The monoisotopic (exact) mass is 457 g/mol. The fourth-order valence-corrected chi connectivity index (χ4v) is 4.10. The fraction of sp³-hybridized carbons (Fsp3) is 0.143. The molecule has 0 saturated carbocycles. The van der Waals surface area contributed by atoms with Gasteiger partial charge >= 0.3 is 5.69 Å². The van der Waals surface area contributed by atoms with Crippen molar-refractivity contribution in [1.29, 1.82) is 0 Å². The number of nitro benzene ring substituents is 1. The number of carbonyl (C=O) groups excluding carboxylic acids is 2. The van der Waals surface area contributed by atoms with E-state index in [9.17, 15) is 19.7 Å². The summed E-state index contributed by atoms with van der Waals surface area (Å²) in [7, 11) is 1.38. The molecule has 0 radical (unpaired) electrons. The number of amides is 2. The van der Waals surface area contributed by atoms with E-state index in [1.165, 1.54) is 36.3 Å². The lowest BCUT2D eigenvalue weighted by Crippen LogP contribution is -2.15. The number of hydrogen-bond acceptors (Lipinski definition) is 7. The third kappa shape index (κ3) is 6.30. The lowest BCUT2D eigenvalue weighted by Gasteiger charge is -2.09. The number of benzene rings is 2. The van der Waals surface area contributed by atoms with Crippen molar-refractivity contribution < 1.29 is 19.2 Å². The van der Waals surface area contributed by atoms with Crippen molar-refractivity contribution in [3.8, 4) is 5.75 Å². The van der Waals surface area contributed by atoms with E-state index in [2.05, 4.69) is 10.6 Å². The molecule has 1 aromatic heterocycles. The molecular formula is C21H19N3O5S2. The number of thioether (sulfide) groups is 1. The van der Waals surface area contributed by atoms with Crippen molar-refractivity contribution in [3.05, 3.63) is 80.5 Å². The molecule has 0 unspecified atom stereocenters. The van der Waals surface area contributed by atoms with Gasteiger partial charge in [0.15, 0.2) is 5.75 Å². The van der Waals surface area contributed by atoms with Crippen LogP contribution in [0.1, 0.15) is 15.2 Å². The number of nitrogens with one attached hydrogen (secondary N) is 2. The Bertz CT molecular complexity index is 1090. The highest BCUT2D eigenvalue weighted by atomic mass is 32.2. The molecule has 0 spiro atoms. The van der Waals surface area contributed by atoms with Gasteiger partial charge in [0.25, 0.3) is 5.91 Å². The van der Waals surface area contributed by atoms with Gasteiger partial charge in [-0.15, -0.1) is 23.1 Å². The zero-order chi connectivity index (χ0) is 22.2. The summed E-state index contributed by atoms with van der Waals surface area (Å²) in [5, 5.41) is 18.5. The van der Waals surface area contributed by atoms with Crippen LogP contribution in [0, 0.1) is 10.1 Å². The van der Waals surface area contributed by atoms with Gasteiger partial charge in [0.05, 0.1) is 22.7 Å². The fourth-order valence-electron chi connectivity index (χ4n) is 2.70. The predicted octanol–water partition coefficient (Wildman–Crippen LogP) is 4.79. The van der Waals surface area contributed by atoms with Crippen LogP contribution in [-0.4, -0.2) is 29.6 Å². The number of carbonyl (C=O) groups is 2. The van der Waals surface area contributed by atoms with E-state index in [-0.39, 0.29) is 29.0 Å². The lowest BCUT2D eigenvalue weighted by molar-refractivity contribution is -0.385. The molecule has 0 saturated heterocycles. The highest BCUT2D eigenvalue weighted by molar-refractivity contribution is 7.99. The third-order valence-corrected chi connectivity index (χ3v) is 5.96. The summed E-state index contributed by atoms with van der Waals surface area (Å²) in [6.07, 6.45) is 0. The quantitative estimate of drug-likeness (QED) is 0.353. The highest BCUT2D eigenvalue weighted by Gasteiger charge is 2.15. The molecule has 1 heterocycles. The van der Waals surface area contributed by atoms with Gasteiger partial charge < -0.3 is 15.4 Å². The number of anilines is 2. The number of methoxy groups -OCH3 is 1. The molecule has 2 aromatic carbocycles. The Morgan fingerprint density at radius 3 is 2.55 bits per heavy atom. The van der Waals surface area contributed by atoms with Gasteiger partial charge in [0, 0.05) is 23.2 Å². The average molecular weight is 458 g/mol. The Morgan fingerprint density at radius 1 is 1.10 bits per heavy atom. The summed E-state index contributed by atoms with van der Waals surface area (Å²) < 4.78 is 4.99. The minimum absolute atomic E-state index is 0.105. The average Bonchev–Trinajstić information content (AvgIpc) is 3.29. The number of nitro groups is 1. The van der Waals surface area contributed by atoms with Gasteiger partial charge in [-0.1, -0.05) is 18.2 Å². The summed E-state index contributed by atoms with van der Waals surface area (Å²) in [6.45, 7) is 0. The van der Waals surface area contributed by atoms with Crippen LogP contribution in [-0.2, 0) is 10.5 Å². The molecule has 3 rings (SSSR count). The molecule has 31 heavy (non-hydrogen) atoms. The maximum absolute atomic E-state index is 12.3. The van der Waals surface area contributed by atoms with Crippen molar-refractivity contribution in [2.24, 2.45) is 0 Å². The molecule has 160 valence electrons. The van der Waals surface area contributed by atoms with Crippen molar-refractivity contribution in [1.82, 2.24) is 0 Å². The zero-order valence-corrected chi connectivity index (χ0v) is 18.1. The number of rotatable bonds is 9. The first-order chi connectivity index (χ1) is 15.0. The van der Waals surface area contributed by atoms with E-state index in [1.807, 2.05) is 5.38 Å². The second-order valence-electron chi connectivity index (χ2n) is 6.32. The molecule has 0 fully saturated rings. The molecular weight excluding hydrogens is 438 g/mol. The van der Waals surface area contributed by atoms with E-state index in [0.29, 0.717) is 22.0 Å². The van der Waals surface area contributed by atoms with Crippen LogP contribution in [0.5, 0.6) is 5.75 Å². The number of ether oxygens (including phenoxy) is 1. The molecule has 10 heteroatoms. The second kappa shape index (κ2) is 10.6. The van der Waals surface area contributed by atoms with E-state index >= 15 is 0 Å². The van der Waals surface area contributed by atoms with Gasteiger partial charge in [-0.3, -0.25) is 19.7 Å². The molecule has 8 nitrogen and oxygen atoms in total. The van der Waals surface area contributed by atoms with E-state index in [0.717, 1.165) is 5.56 Å². The molecule has 0 bridgehead atoms. The summed E-state index contributed by atoms with van der Waals surface area (Å²) in [6, 6.07) is 15.2. The number of hydrogen-bond donors (Lipinski definition) is 2. The van der Waals surface area contributed by atoms with Crippen molar-refractivity contribution >= 4 is 52.0 Å². The minimum Gasteiger partial charge on any atom is -0.490 e. The summed E-state index contributed by atoms with van der Waals surface area (Å²) in [4.78, 5) is 35.6. The molecule has 2 amide bonds. The highest BCUT2D eigenvalue weighted by Crippen LogP contribution is 2.29. The van der Waals surface area contributed by atoms with Crippen LogP contribution in [0.15, 0.2) is 60.0 Å². The Kier molecular flexibility index (Phi) is 7.63. The Labute approximate surface area is 186 Å². The minimum atomic E-state index is -0.496. The van der Waals surface area contributed by atoms with E-state index in [4.69, 9.17) is 4.74 Å².